The van der Waals surface area contributed by atoms with E-state index in [1.807, 2.05) is 0 Å². The fourth-order valence-electron chi connectivity index (χ4n) is 7.70. The van der Waals surface area contributed by atoms with Gasteiger partial charge in [-0.15, -0.1) is 0 Å². The van der Waals surface area contributed by atoms with E-state index in [9.17, 15) is 9.59 Å². The molecule has 8 atom stereocenters. The molecule has 5 nitrogen and oxygen atoms in total. The van der Waals surface area contributed by atoms with Crippen molar-refractivity contribution in [1.82, 2.24) is 0 Å². The zero-order valence-corrected chi connectivity index (χ0v) is 14.7. The minimum atomic E-state index is -1.08. The van der Waals surface area contributed by atoms with Crippen LogP contribution in [-0.4, -0.2) is 36.9 Å². The Morgan fingerprint density at radius 1 is 1.20 bits per heavy atom. The van der Waals surface area contributed by atoms with Crippen LogP contribution in [0.25, 0.3) is 0 Å². The normalized spacial score (nSPS) is 57.3. The van der Waals surface area contributed by atoms with Gasteiger partial charge >= 0.3 is 5.97 Å². The van der Waals surface area contributed by atoms with Crippen LogP contribution in [0.2, 0.25) is 0 Å². The lowest BCUT2D eigenvalue weighted by Gasteiger charge is -2.65. The Bertz CT molecular complexity index is 740. The molecule has 3 saturated heterocycles. The molecule has 3 saturated carbocycles. The van der Waals surface area contributed by atoms with Gasteiger partial charge in [0.2, 0.25) is 0 Å². The number of rotatable bonds is 0. The molecule has 6 rings (SSSR count). The Kier molecular flexibility index (Phi) is 2.41. The number of fused-ring (bicyclic) bond motifs is 1. The van der Waals surface area contributed by atoms with E-state index in [2.05, 4.69) is 20.4 Å². The Hall–Kier alpha value is -1.20. The molecule has 3 aliphatic heterocycles. The van der Waals surface area contributed by atoms with E-state index >= 15 is 0 Å². The fourth-order valence-corrected chi connectivity index (χ4v) is 7.70. The van der Waals surface area contributed by atoms with Crippen molar-refractivity contribution in [1.29, 1.82) is 0 Å². The van der Waals surface area contributed by atoms with E-state index in [-0.39, 0.29) is 58.8 Å². The average Bonchev–Trinajstić information content (AvgIpc) is 2.96. The molecule has 2 spiro atoms. The molecule has 134 valence electrons. The lowest BCUT2D eigenvalue weighted by molar-refractivity contribution is -0.302. The largest absolute Gasteiger partial charge is 0.461 e. The number of Topliss-reactive ketones (excluding diaryl/α,β-unsaturated/α-hetero) is 1. The van der Waals surface area contributed by atoms with Gasteiger partial charge in [0, 0.05) is 17.3 Å². The summed E-state index contributed by atoms with van der Waals surface area (Å²) in [5.74, 6) is -0.319. The van der Waals surface area contributed by atoms with Gasteiger partial charge in [-0.1, -0.05) is 20.4 Å². The van der Waals surface area contributed by atoms with Gasteiger partial charge in [-0.25, -0.2) is 0 Å². The third-order valence-corrected chi connectivity index (χ3v) is 8.52. The highest BCUT2D eigenvalue weighted by atomic mass is 16.7. The van der Waals surface area contributed by atoms with Crippen molar-refractivity contribution in [2.75, 3.05) is 6.61 Å². The third kappa shape index (κ3) is 1.34. The van der Waals surface area contributed by atoms with Crippen molar-refractivity contribution in [2.45, 2.75) is 58.0 Å². The quantitative estimate of drug-likeness (QED) is 0.383. The lowest BCUT2D eigenvalue weighted by Crippen LogP contribution is -2.73. The smallest absolute Gasteiger partial charge is 0.320 e. The summed E-state index contributed by atoms with van der Waals surface area (Å²) in [5, 5.41) is 0. The molecule has 4 bridgehead atoms. The van der Waals surface area contributed by atoms with Crippen molar-refractivity contribution in [3.05, 3.63) is 12.2 Å². The Morgan fingerprint density at radius 3 is 2.80 bits per heavy atom. The summed E-state index contributed by atoms with van der Waals surface area (Å²) in [6.07, 6.45) is 2.68. The summed E-state index contributed by atoms with van der Waals surface area (Å²) in [5.41, 5.74) is -0.712. The van der Waals surface area contributed by atoms with Crippen LogP contribution in [0.1, 0.15) is 39.5 Å². The highest BCUT2D eigenvalue weighted by Crippen LogP contribution is 2.74. The number of esters is 1. The minimum absolute atomic E-state index is 0.0433. The van der Waals surface area contributed by atoms with Crippen molar-refractivity contribution in [2.24, 2.45) is 34.0 Å². The molecule has 3 heterocycles. The number of ketones is 1. The molecule has 3 aliphatic carbocycles. The van der Waals surface area contributed by atoms with E-state index in [0.29, 0.717) is 18.6 Å². The molecule has 0 unspecified atom stereocenters. The standard InChI is InChI=1S/C20H24O5/c1-9-10-6-11-13-19(7-10,15(9)21)17(22)25-12-4-5-18(2,3)14-16(24-11)23-8-20(12,13)14/h10-14,16H,1,4-8H2,2-3H3/t10-,11+,12-,13+,14+,16-,19-,20-/m0/s1. The van der Waals surface area contributed by atoms with Crippen LogP contribution in [0.5, 0.6) is 0 Å². The summed E-state index contributed by atoms with van der Waals surface area (Å²) in [6, 6.07) is 0. The van der Waals surface area contributed by atoms with Crippen molar-refractivity contribution >= 4 is 11.8 Å². The van der Waals surface area contributed by atoms with Crippen LogP contribution < -0.4 is 0 Å². The van der Waals surface area contributed by atoms with Gasteiger partial charge in [0.05, 0.1) is 12.7 Å². The van der Waals surface area contributed by atoms with Gasteiger partial charge in [-0.05, 0) is 42.6 Å². The Labute approximate surface area is 147 Å². The summed E-state index contributed by atoms with van der Waals surface area (Å²) in [7, 11) is 0. The number of hydrogen-bond donors (Lipinski definition) is 0. The Morgan fingerprint density at radius 2 is 2.00 bits per heavy atom. The first kappa shape index (κ1) is 14.9. The SMILES string of the molecule is C=C1C(=O)[C@@]23C[C@@H]1C[C@H]1O[C@@H]4OC[C@]5([C@H](CCC(C)(C)[C@@H]45)OC2=O)[C@H]13. The number of carbonyl (C=O) groups excluding carboxylic acids is 2. The van der Waals surface area contributed by atoms with E-state index < -0.39 is 5.41 Å². The maximum atomic E-state index is 13.2. The van der Waals surface area contributed by atoms with Crippen LogP contribution in [0.15, 0.2) is 12.2 Å². The first-order valence-electron chi connectivity index (χ1n) is 9.54. The monoisotopic (exact) mass is 344 g/mol. The second-order valence-corrected chi connectivity index (χ2v) is 9.81. The number of ether oxygens (including phenoxy) is 3. The Balaban J connectivity index is 1.62. The summed E-state index contributed by atoms with van der Waals surface area (Å²) in [6.45, 7) is 9.11. The van der Waals surface area contributed by atoms with Crippen molar-refractivity contribution in [3.63, 3.8) is 0 Å². The molecular weight excluding hydrogens is 320 g/mol. The molecule has 0 amide bonds. The van der Waals surface area contributed by atoms with Gasteiger partial charge in [-0.2, -0.15) is 0 Å². The van der Waals surface area contributed by atoms with Crippen molar-refractivity contribution in [3.8, 4) is 0 Å². The molecular formula is C20H24O5. The zero-order valence-electron chi connectivity index (χ0n) is 14.7. The van der Waals surface area contributed by atoms with Crippen LogP contribution in [0.3, 0.4) is 0 Å². The molecule has 5 heteroatoms. The summed E-state index contributed by atoms with van der Waals surface area (Å²) >= 11 is 0. The first-order chi connectivity index (χ1) is 11.8. The third-order valence-electron chi connectivity index (χ3n) is 8.52. The maximum absolute atomic E-state index is 13.2. The molecule has 6 fully saturated rings. The van der Waals surface area contributed by atoms with Gasteiger partial charge < -0.3 is 14.2 Å². The van der Waals surface area contributed by atoms with Crippen LogP contribution in [0.4, 0.5) is 0 Å². The summed E-state index contributed by atoms with van der Waals surface area (Å²) in [4.78, 5) is 26.4. The van der Waals surface area contributed by atoms with Crippen LogP contribution in [0, 0.1) is 34.0 Å². The lowest BCUT2D eigenvalue weighted by atomic mass is 9.42. The van der Waals surface area contributed by atoms with E-state index in [1.165, 1.54) is 0 Å². The van der Waals surface area contributed by atoms with E-state index in [0.717, 1.165) is 19.3 Å². The second-order valence-electron chi connectivity index (χ2n) is 9.81. The first-order valence-corrected chi connectivity index (χ1v) is 9.54. The molecule has 6 aliphatic rings. The number of hydrogen-bond acceptors (Lipinski definition) is 5. The van der Waals surface area contributed by atoms with Gasteiger partial charge in [0.1, 0.15) is 11.5 Å². The average molecular weight is 344 g/mol. The molecule has 0 aromatic carbocycles. The minimum Gasteiger partial charge on any atom is -0.461 e. The second kappa shape index (κ2) is 4.04. The topological polar surface area (TPSA) is 61.8 Å². The predicted octanol–water partition coefficient (Wildman–Crippen LogP) is 2.24. The summed E-state index contributed by atoms with van der Waals surface area (Å²) < 4.78 is 18.6. The molecule has 0 radical (unpaired) electrons. The van der Waals surface area contributed by atoms with Crippen molar-refractivity contribution < 1.29 is 23.8 Å². The predicted molar refractivity (Wildman–Crippen MR) is 86.2 cm³/mol. The fraction of sp³-hybridized carbons (Fsp3) is 0.800. The molecule has 25 heavy (non-hydrogen) atoms. The highest BCUT2D eigenvalue weighted by molar-refractivity contribution is 6.15. The molecule has 0 aromatic rings. The van der Waals surface area contributed by atoms with Gasteiger partial charge in [0.15, 0.2) is 12.1 Å². The number of carbonyl (C=O) groups is 2. The van der Waals surface area contributed by atoms with Gasteiger partial charge in [-0.3, -0.25) is 9.59 Å². The van der Waals surface area contributed by atoms with Gasteiger partial charge in [0.25, 0.3) is 0 Å². The molecule has 0 aromatic heterocycles. The maximum Gasteiger partial charge on any atom is 0.320 e. The van der Waals surface area contributed by atoms with Crippen LogP contribution >= 0.6 is 0 Å². The van der Waals surface area contributed by atoms with Crippen LogP contribution in [-0.2, 0) is 23.8 Å². The zero-order chi connectivity index (χ0) is 17.4. The van der Waals surface area contributed by atoms with E-state index in [1.54, 1.807) is 0 Å². The molecule has 0 N–H and O–H groups in total. The number of allylic oxidation sites excluding steroid dienone is 1. The highest BCUT2D eigenvalue weighted by Gasteiger charge is 2.81. The van der Waals surface area contributed by atoms with E-state index in [4.69, 9.17) is 14.2 Å².